The summed E-state index contributed by atoms with van der Waals surface area (Å²) in [7, 11) is 0. The summed E-state index contributed by atoms with van der Waals surface area (Å²) in [6, 6.07) is 10.4. The van der Waals surface area contributed by atoms with Crippen molar-refractivity contribution in [1.82, 2.24) is 9.88 Å². The van der Waals surface area contributed by atoms with Crippen molar-refractivity contribution >= 4 is 34.6 Å². The molecule has 10 heteroatoms. The lowest BCUT2D eigenvalue weighted by atomic mass is 10.1. The van der Waals surface area contributed by atoms with E-state index in [0.717, 1.165) is 32.4 Å². The fourth-order valence-corrected chi connectivity index (χ4v) is 4.97. The number of hydrogen-bond donors (Lipinski definition) is 0. The number of likely N-dealkylation sites (tertiary alicyclic amines) is 1. The van der Waals surface area contributed by atoms with Crippen LogP contribution in [0.2, 0.25) is 0 Å². The molecule has 3 aromatic rings. The summed E-state index contributed by atoms with van der Waals surface area (Å²) < 4.78 is 24.3. The Hall–Kier alpha value is -3.79. The molecule has 1 aromatic heterocycles. The lowest BCUT2D eigenvalue weighted by molar-refractivity contribution is -0.121. The van der Waals surface area contributed by atoms with Gasteiger partial charge in [-0.05, 0) is 49.6 Å². The first-order chi connectivity index (χ1) is 17.5. The number of benzene rings is 2. The van der Waals surface area contributed by atoms with Crippen LogP contribution in [0.4, 0.5) is 10.1 Å². The molecule has 0 unspecified atom stereocenters. The Kier molecular flexibility index (Phi) is 6.95. The SMILES string of the molecule is O=C(COc1cccc(F)c1)c1ccc2c(c1)N(Cc1nc(C(=O)N3CCCCC3)cs1)C(=O)CO2. The molecule has 0 saturated carbocycles. The van der Waals surface area contributed by atoms with Gasteiger partial charge in [-0.1, -0.05) is 6.07 Å². The van der Waals surface area contributed by atoms with E-state index in [4.69, 9.17) is 9.47 Å². The van der Waals surface area contributed by atoms with E-state index < -0.39 is 5.82 Å². The maximum Gasteiger partial charge on any atom is 0.273 e. The highest BCUT2D eigenvalue weighted by molar-refractivity contribution is 7.09. The van der Waals surface area contributed by atoms with Crippen molar-refractivity contribution in [3.8, 4) is 11.5 Å². The second-order valence-corrected chi connectivity index (χ2v) is 9.54. The average Bonchev–Trinajstić information content (AvgIpc) is 3.37. The second-order valence-electron chi connectivity index (χ2n) is 8.60. The van der Waals surface area contributed by atoms with Crippen LogP contribution in [0, 0.1) is 5.82 Å². The number of nitrogens with zero attached hydrogens (tertiary/aromatic N) is 3. The Labute approximate surface area is 211 Å². The molecule has 2 amide bonds. The molecule has 3 heterocycles. The van der Waals surface area contributed by atoms with Crippen molar-refractivity contribution in [2.75, 3.05) is 31.2 Å². The van der Waals surface area contributed by atoms with Crippen molar-refractivity contribution in [1.29, 1.82) is 0 Å². The molecule has 8 nitrogen and oxygen atoms in total. The van der Waals surface area contributed by atoms with Crippen LogP contribution in [0.5, 0.6) is 11.5 Å². The maximum atomic E-state index is 13.4. The molecule has 0 spiro atoms. The van der Waals surface area contributed by atoms with Crippen LogP contribution in [-0.2, 0) is 11.3 Å². The Balaban J connectivity index is 1.31. The standard InChI is InChI=1S/C26H24FN3O5S/c27-18-5-4-6-19(12-18)34-14-22(31)17-7-8-23-21(11-17)30(25(32)15-35-23)13-24-28-20(16-36-24)26(33)29-9-2-1-3-10-29/h4-8,11-12,16H,1-3,9-10,13-15H2. The van der Waals surface area contributed by atoms with Gasteiger partial charge in [-0.15, -0.1) is 11.3 Å². The van der Waals surface area contributed by atoms with Crippen molar-refractivity contribution in [2.45, 2.75) is 25.8 Å². The number of ketones is 1. The molecule has 36 heavy (non-hydrogen) atoms. The van der Waals surface area contributed by atoms with E-state index in [0.29, 0.717) is 27.7 Å². The van der Waals surface area contributed by atoms with Gasteiger partial charge in [0.05, 0.1) is 12.2 Å². The number of rotatable bonds is 7. The first-order valence-electron chi connectivity index (χ1n) is 11.7. The van der Waals surface area contributed by atoms with Crippen molar-refractivity contribution < 1.29 is 28.2 Å². The third-order valence-electron chi connectivity index (χ3n) is 6.10. The minimum Gasteiger partial charge on any atom is -0.485 e. The summed E-state index contributed by atoms with van der Waals surface area (Å²) in [5.41, 5.74) is 1.16. The highest BCUT2D eigenvalue weighted by Gasteiger charge is 2.28. The number of thiazole rings is 1. The zero-order chi connectivity index (χ0) is 25.1. The summed E-state index contributed by atoms with van der Waals surface area (Å²) in [5, 5.41) is 2.34. The first-order valence-corrected chi connectivity index (χ1v) is 12.6. The minimum absolute atomic E-state index is 0.0860. The van der Waals surface area contributed by atoms with Gasteiger partial charge >= 0.3 is 0 Å². The predicted molar refractivity (Wildman–Crippen MR) is 131 cm³/mol. The molecule has 1 fully saturated rings. The minimum atomic E-state index is -0.456. The number of aromatic nitrogens is 1. The van der Waals surface area contributed by atoms with Crippen molar-refractivity contribution in [2.24, 2.45) is 0 Å². The molecule has 0 aliphatic carbocycles. The number of anilines is 1. The van der Waals surface area contributed by atoms with Crippen LogP contribution in [0.1, 0.15) is 45.1 Å². The molecule has 186 valence electrons. The van der Waals surface area contributed by atoms with Crippen LogP contribution in [0.25, 0.3) is 0 Å². The molecular weight excluding hydrogens is 485 g/mol. The second kappa shape index (κ2) is 10.4. The summed E-state index contributed by atoms with van der Waals surface area (Å²) in [6.07, 6.45) is 3.12. The average molecular weight is 510 g/mol. The largest absolute Gasteiger partial charge is 0.485 e. The monoisotopic (exact) mass is 509 g/mol. The van der Waals surface area contributed by atoms with E-state index in [9.17, 15) is 18.8 Å². The number of fused-ring (bicyclic) bond motifs is 1. The van der Waals surface area contributed by atoms with E-state index in [2.05, 4.69) is 4.98 Å². The summed E-state index contributed by atoms with van der Waals surface area (Å²) in [5.74, 6) is -0.426. The van der Waals surface area contributed by atoms with Gasteiger partial charge in [0.25, 0.3) is 11.8 Å². The topological polar surface area (TPSA) is 89.0 Å². The van der Waals surface area contributed by atoms with Crippen LogP contribution >= 0.6 is 11.3 Å². The zero-order valence-corrected chi connectivity index (χ0v) is 20.3. The number of ether oxygens (including phenoxy) is 2. The van der Waals surface area contributed by atoms with Gasteiger partial charge in [0.1, 0.15) is 28.0 Å². The Morgan fingerprint density at radius 2 is 1.94 bits per heavy atom. The molecule has 2 aliphatic heterocycles. The number of amides is 2. The molecule has 1 saturated heterocycles. The van der Waals surface area contributed by atoms with Gasteiger partial charge in [0.2, 0.25) is 0 Å². The summed E-state index contributed by atoms with van der Waals surface area (Å²) in [4.78, 5) is 46.1. The quantitative estimate of drug-likeness (QED) is 0.446. The molecule has 2 aliphatic rings. The summed E-state index contributed by atoms with van der Waals surface area (Å²) >= 11 is 1.32. The number of carbonyl (C=O) groups is 3. The third kappa shape index (κ3) is 5.23. The fraction of sp³-hybridized carbons (Fsp3) is 0.308. The van der Waals surface area contributed by atoms with Gasteiger partial charge in [-0.2, -0.15) is 0 Å². The number of piperidine rings is 1. The third-order valence-corrected chi connectivity index (χ3v) is 6.93. The van der Waals surface area contributed by atoms with E-state index in [1.54, 1.807) is 29.6 Å². The van der Waals surface area contributed by atoms with Crippen molar-refractivity contribution in [3.63, 3.8) is 0 Å². The van der Waals surface area contributed by atoms with E-state index >= 15 is 0 Å². The predicted octanol–water partition coefficient (Wildman–Crippen LogP) is 4.10. The number of Topliss-reactive ketones (excluding diaryl/α,β-unsaturated/α-hetero) is 1. The van der Waals surface area contributed by atoms with Crippen molar-refractivity contribution in [3.05, 3.63) is 69.9 Å². The maximum absolute atomic E-state index is 13.4. The van der Waals surface area contributed by atoms with Crippen LogP contribution in [0.15, 0.2) is 47.8 Å². The lowest BCUT2D eigenvalue weighted by Gasteiger charge is -2.29. The number of carbonyl (C=O) groups excluding carboxylic acids is 3. The van der Waals surface area contributed by atoms with Gasteiger partial charge in [-0.3, -0.25) is 19.3 Å². The van der Waals surface area contributed by atoms with Crippen LogP contribution < -0.4 is 14.4 Å². The highest BCUT2D eigenvalue weighted by atomic mass is 32.1. The molecule has 0 atom stereocenters. The van der Waals surface area contributed by atoms with Crippen LogP contribution in [-0.4, -0.2) is 53.8 Å². The number of halogens is 1. The number of hydrogen-bond acceptors (Lipinski definition) is 7. The lowest BCUT2D eigenvalue weighted by Crippen LogP contribution is -2.38. The Morgan fingerprint density at radius 3 is 2.75 bits per heavy atom. The van der Waals surface area contributed by atoms with Gasteiger partial charge < -0.3 is 14.4 Å². The first kappa shape index (κ1) is 23.9. The van der Waals surface area contributed by atoms with E-state index in [1.165, 1.54) is 34.4 Å². The van der Waals surface area contributed by atoms with Gasteiger partial charge in [0.15, 0.2) is 19.0 Å². The van der Waals surface area contributed by atoms with E-state index in [-0.39, 0.29) is 43.1 Å². The van der Waals surface area contributed by atoms with Crippen LogP contribution in [0.3, 0.4) is 0 Å². The smallest absolute Gasteiger partial charge is 0.273 e. The zero-order valence-electron chi connectivity index (χ0n) is 19.4. The molecular formula is C26H24FN3O5S. The molecule has 0 N–H and O–H groups in total. The highest BCUT2D eigenvalue weighted by Crippen LogP contribution is 2.34. The molecule has 5 rings (SSSR count). The Bertz CT molecular complexity index is 1300. The molecule has 2 aromatic carbocycles. The van der Waals surface area contributed by atoms with Gasteiger partial charge in [0, 0.05) is 30.1 Å². The molecule has 0 radical (unpaired) electrons. The van der Waals surface area contributed by atoms with Gasteiger partial charge in [-0.25, -0.2) is 9.37 Å². The summed E-state index contributed by atoms with van der Waals surface area (Å²) in [6.45, 7) is 1.21. The normalized spacial score (nSPS) is 15.3. The molecule has 0 bridgehead atoms. The Morgan fingerprint density at radius 1 is 1.11 bits per heavy atom. The fourth-order valence-electron chi connectivity index (χ4n) is 4.21. The van der Waals surface area contributed by atoms with E-state index in [1.807, 2.05) is 4.90 Å².